The maximum atomic E-state index is 10.2. The van der Waals surface area contributed by atoms with Crippen LogP contribution in [0.1, 0.15) is 25.7 Å². The Hall–Kier alpha value is -0.990. The van der Waals surface area contributed by atoms with Gasteiger partial charge in [0.05, 0.1) is 12.4 Å². The fourth-order valence-corrected chi connectivity index (χ4v) is 1.08. The molecule has 3 nitrogen and oxygen atoms in total. The second-order valence-corrected chi connectivity index (χ2v) is 2.64. The van der Waals surface area contributed by atoms with Crippen molar-refractivity contribution in [2.45, 2.75) is 31.8 Å². The van der Waals surface area contributed by atoms with Crippen molar-refractivity contribution < 1.29 is 14.6 Å². The van der Waals surface area contributed by atoms with Gasteiger partial charge in [0.1, 0.15) is 0 Å². The topological polar surface area (TPSA) is 46.5 Å². The fourth-order valence-electron chi connectivity index (χ4n) is 1.08. The van der Waals surface area contributed by atoms with Crippen LogP contribution in [0.3, 0.4) is 0 Å². The third kappa shape index (κ3) is 3.07. The Morgan fingerprint density at radius 1 is 1.73 bits per heavy atom. The molecule has 0 bridgehead atoms. The number of rotatable bonds is 3. The summed E-state index contributed by atoms with van der Waals surface area (Å²) in [5.74, 6) is -0.747. The Bertz CT molecular complexity index is 163. The molecule has 0 aromatic rings. The average Bonchev–Trinajstić information content (AvgIpc) is 2.03. The minimum atomic E-state index is -0.747. The van der Waals surface area contributed by atoms with Crippen LogP contribution in [0.15, 0.2) is 12.3 Å². The van der Waals surface area contributed by atoms with Crippen LogP contribution in [-0.4, -0.2) is 17.2 Å². The quantitative estimate of drug-likeness (QED) is 0.674. The summed E-state index contributed by atoms with van der Waals surface area (Å²) in [6.45, 7) is 0. The maximum absolute atomic E-state index is 10.2. The first-order valence-corrected chi connectivity index (χ1v) is 3.81. The molecule has 0 aliphatic carbocycles. The van der Waals surface area contributed by atoms with Crippen LogP contribution >= 0.6 is 0 Å². The van der Waals surface area contributed by atoms with Crippen molar-refractivity contribution in [3.05, 3.63) is 12.3 Å². The molecule has 0 unspecified atom stereocenters. The molecular formula is C8H12O3. The molecule has 1 aliphatic rings. The van der Waals surface area contributed by atoms with E-state index >= 15 is 0 Å². The molecule has 0 saturated heterocycles. The number of carboxylic acid groups (broad SMARTS) is 1. The van der Waals surface area contributed by atoms with Crippen LogP contribution < -0.4 is 0 Å². The van der Waals surface area contributed by atoms with Crippen LogP contribution in [0.4, 0.5) is 0 Å². The van der Waals surface area contributed by atoms with Crippen molar-refractivity contribution in [3.63, 3.8) is 0 Å². The molecule has 0 amide bonds. The number of hydrogen-bond acceptors (Lipinski definition) is 2. The van der Waals surface area contributed by atoms with Gasteiger partial charge in [-0.25, -0.2) is 0 Å². The first-order chi connectivity index (χ1) is 5.29. The van der Waals surface area contributed by atoms with E-state index in [1.165, 1.54) is 0 Å². The first-order valence-electron chi connectivity index (χ1n) is 3.81. The molecule has 62 valence electrons. The van der Waals surface area contributed by atoms with Crippen LogP contribution in [0, 0.1) is 0 Å². The predicted octanol–water partition coefficient (Wildman–Crippen LogP) is 1.54. The lowest BCUT2D eigenvalue weighted by Crippen LogP contribution is -2.14. The van der Waals surface area contributed by atoms with Gasteiger partial charge in [-0.3, -0.25) is 4.79 Å². The molecule has 1 atom stereocenters. The summed E-state index contributed by atoms with van der Waals surface area (Å²) in [4.78, 5) is 10.2. The van der Waals surface area contributed by atoms with Gasteiger partial charge in [0.2, 0.25) is 0 Å². The summed E-state index contributed by atoms with van der Waals surface area (Å²) in [6, 6.07) is 0. The molecule has 0 radical (unpaired) electrons. The minimum absolute atomic E-state index is 0.121. The lowest BCUT2D eigenvalue weighted by molar-refractivity contribution is -0.137. The third-order valence-electron chi connectivity index (χ3n) is 1.70. The number of carbonyl (C=O) groups is 1. The van der Waals surface area contributed by atoms with Crippen molar-refractivity contribution in [2.24, 2.45) is 0 Å². The van der Waals surface area contributed by atoms with E-state index in [0.717, 1.165) is 12.8 Å². The van der Waals surface area contributed by atoms with E-state index in [2.05, 4.69) is 0 Å². The molecule has 1 heterocycles. The number of carboxylic acids is 1. The van der Waals surface area contributed by atoms with E-state index in [-0.39, 0.29) is 12.5 Å². The molecular weight excluding hydrogens is 144 g/mol. The first kappa shape index (κ1) is 8.11. The van der Waals surface area contributed by atoms with Gasteiger partial charge in [-0.1, -0.05) is 0 Å². The van der Waals surface area contributed by atoms with Gasteiger partial charge in [0.25, 0.3) is 0 Å². The van der Waals surface area contributed by atoms with Gasteiger partial charge >= 0.3 is 5.97 Å². The second-order valence-electron chi connectivity index (χ2n) is 2.64. The number of hydrogen-bond donors (Lipinski definition) is 1. The summed E-state index contributed by atoms with van der Waals surface area (Å²) in [5, 5.41) is 8.37. The minimum Gasteiger partial charge on any atom is -0.498 e. The normalized spacial score (nSPS) is 22.7. The number of ether oxygens (including phenoxy) is 1. The van der Waals surface area contributed by atoms with Crippen molar-refractivity contribution in [3.8, 4) is 0 Å². The zero-order chi connectivity index (χ0) is 8.10. The Morgan fingerprint density at radius 2 is 2.55 bits per heavy atom. The van der Waals surface area contributed by atoms with Crippen molar-refractivity contribution in [2.75, 3.05) is 0 Å². The second kappa shape index (κ2) is 4.01. The molecule has 11 heavy (non-hydrogen) atoms. The van der Waals surface area contributed by atoms with Gasteiger partial charge in [-0.2, -0.15) is 0 Å². The monoisotopic (exact) mass is 156 g/mol. The van der Waals surface area contributed by atoms with Crippen LogP contribution in [0.25, 0.3) is 0 Å². The van der Waals surface area contributed by atoms with E-state index < -0.39 is 5.97 Å². The summed E-state index contributed by atoms with van der Waals surface area (Å²) < 4.78 is 5.18. The number of aliphatic carboxylic acids is 1. The van der Waals surface area contributed by atoms with E-state index in [1.807, 2.05) is 6.08 Å². The molecule has 1 N–H and O–H groups in total. The van der Waals surface area contributed by atoms with E-state index in [1.54, 1.807) is 6.26 Å². The summed E-state index contributed by atoms with van der Waals surface area (Å²) >= 11 is 0. The molecule has 1 rings (SSSR count). The van der Waals surface area contributed by atoms with Crippen LogP contribution in [-0.2, 0) is 9.53 Å². The van der Waals surface area contributed by atoms with E-state index in [4.69, 9.17) is 9.84 Å². The average molecular weight is 156 g/mol. The standard InChI is InChI=1S/C8H12O3/c9-8(10)5-4-7-3-1-2-6-11-7/h2,6-7H,1,3-5H2,(H,9,10)/t7-/m0/s1. The van der Waals surface area contributed by atoms with Gasteiger partial charge in [0.15, 0.2) is 0 Å². The van der Waals surface area contributed by atoms with Crippen molar-refractivity contribution >= 4 is 5.97 Å². The molecule has 0 aromatic carbocycles. The highest BCUT2D eigenvalue weighted by molar-refractivity contribution is 5.66. The summed E-state index contributed by atoms with van der Waals surface area (Å²) in [5.41, 5.74) is 0. The van der Waals surface area contributed by atoms with Crippen LogP contribution in [0.5, 0.6) is 0 Å². The molecule has 0 saturated carbocycles. The molecule has 0 fully saturated rings. The van der Waals surface area contributed by atoms with Crippen molar-refractivity contribution in [1.82, 2.24) is 0 Å². The highest BCUT2D eigenvalue weighted by Crippen LogP contribution is 2.14. The largest absolute Gasteiger partial charge is 0.498 e. The highest BCUT2D eigenvalue weighted by atomic mass is 16.5. The van der Waals surface area contributed by atoms with Crippen LogP contribution in [0.2, 0.25) is 0 Å². The van der Waals surface area contributed by atoms with Gasteiger partial charge < -0.3 is 9.84 Å². The Balaban J connectivity index is 2.16. The molecule has 0 aromatic heterocycles. The Labute approximate surface area is 65.7 Å². The lowest BCUT2D eigenvalue weighted by Gasteiger charge is -2.17. The zero-order valence-electron chi connectivity index (χ0n) is 6.32. The van der Waals surface area contributed by atoms with Gasteiger partial charge in [-0.05, 0) is 25.3 Å². The van der Waals surface area contributed by atoms with Gasteiger partial charge in [0, 0.05) is 6.42 Å². The molecule has 0 spiro atoms. The van der Waals surface area contributed by atoms with E-state index in [9.17, 15) is 4.79 Å². The van der Waals surface area contributed by atoms with Crippen molar-refractivity contribution in [1.29, 1.82) is 0 Å². The molecule has 1 aliphatic heterocycles. The van der Waals surface area contributed by atoms with Gasteiger partial charge in [-0.15, -0.1) is 0 Å². The third-order valence-corrected chi connectivity index (χ3v) is 1.70. The lowest BCUT2D eigenvalue weighted by atomic mass is 10.1. The summed E-state index contributed by atoms with van der Waals surface area (Å²) in [7, 11) is 0. The Kier molecular flexibility index (Phi) is 2.95. The smallest absolute Gasteiger partial charge is 0.303 e. The number of allylic oxidation sites excluding steroid dienone is 1. The highest BCUT2D eigenvalue weighted by Gasteiger charge is 2.11. The zero-order valence-corrected chi connectivity index (χ0v) is 6.32. The predicted molar refractivity (Wildman–Crippen MR) is 40.1 cm³/mol. The SMILES string of the molecule is O=C(O)CC[C@@H]1CCC=CO1. The summed E-state index contributed by atoms with van der Waals surface area (Å²) in [6.07, 6.45) is 6.52. The maximum Gasteiger partial charge on any atom is 0.303 e. The Morgan fingerprint density at radius 3 is 3.09 bits per heavy atom. The van der Waals surface area contributed by atoms with E-state index in [0.29, 0.717) is 6.42 Å². The molecule has 3 heteroatoms. The fraction of sp³-hybridized carbons (Fsp3) is 0.625.